The van der Waals surface area contributed by atoms with Gasteiger partial charge in [0.25, 0.3) is 0 Å². The molecular weight excluding hydrogens is 274 g/mol. The average molecular weight is 287 g/mol. The van der Waals surface area contributed by atoms with Crippen LogP contribution in [0.5, 0.6) is 5.75 Å². The number of carbonyl (C=O) groups is 1. The van der Waals surface area contributed by atoms with Crippen molar-refractivity contribution in [2.75, 3.05) is 0 Å². The molecule has 0 spiro atoms. The molecule has 1 heterocycles. The van der Waals surface area contributed by atoms with E-state index in [9.17, 15) is 9.90 Å². The fraction of sp³-hybridized carbons (Fsp3) is 0.0526. The normalized spacial score (nSPS) is 15.5. The summed E-state index contributed by atoms with van der Waals surface area (Å²) in [4.78, 5) is 16.8. The minimum absolute atomic E-state index is 0.0148. The summed E-state index contributed by atoms with van der Waals surface area (Å²) in [7, 11) is 0. The van der Waals surface area contributed by atoms with Crippen molar-refractivity contribution in [2.45, 2.75) is 6.42 Å². The van der Waals surface area contributed by atoms with Gasteiger partial charge in [-0.3, -0.25) is 9.78 Å². The lowest BCUT2D eigenvalue weighted by molar-refractivity contribution is 0.104. The number of aromatic nitrogens is 1. The highest BCUT2D eigenvalue weighted by Gasteiger charge is 2.24. The third-order valence-electron chi connectivity index (χ3n) is 3.96. The van der Waals surface area contributed by atoms with Crippen molar-refractivity contribution in [2.24, 2.45) is 0 Å². The number of phenolic OH excluding ortho intramolecular Hbond substituents is 1. The molecule has 1 aliphatic rings. The maximum absolute atomic E-state index is 12.4. The Bertz CT molecular complexity index is 941. The first-order valence-corrected chi connectivity index (χ1v) is 7.13. The van der Waals surface area contributed by atoms with E-state index in [0.29, 0.717) is 12.0 Å². The molecule has 1 aliphatic carbocycles. The van der Waals surface area contributed by atoms with Gasteiger partial charge in [-0.1, -0.05) is 24.3 Å². The Morgan fingerprint density at radius 1 is 1.09 bits per heavy atom. The van der Waals surface area contributed by atoms with Crippen molar-refractivity contribution in [1.29, 1.82) is 0 Å². The molecule has 3 nitrogen and oxygen atoms in total. The molecule has 0 atom stereocenters. The van der Waals surface area contributed by atoms with Gasteiger partial charge in [-0.15, -0.1) is 0 Å². The second-order valence-electron chi connectivity index (χ2n) is 5.48. The van der Waals surface area contributed by atoms with E-state index in [4.69, 9.17) is 0 Å². The van der Waals surface area contributed by atoms with Crippen LogP contribution >= 0.6 is 0 Å². The quantitative estimate of drug-likeness (QED) is 0.693. The highest BCUT2D eigenvalue weighted by atomic mass is 16.3. The van der Waals surface area contributed by atoms with Gasteiger partial charge in [-0.05, 0) is 41.5 Å². The van der Waals surface area contributed by atoms with E-state index < -0.39 is 0 Å². The highest BCUT2D eigenvalue weighted by molar-refractivity contribution is 6.15. The number of benzene rings is 2. The second-order valence-corrected chi connectivity index (χ2v) is 5.48. The summed E-state index contributed by atoms with van der Waals surface area (Å²) < 4.78 is 0. The molecule has 1 aromatic heterocycles. The average Bonchev–Trinajstić information content (AvgIpc) is 2.83. The van der Waals surface area contributed by atoms with Crippen LogP contribution in [0.3, 0.4) is 0 Å². The molecular formula is C19H13NO2. The number of rotatable bonds is 1. The molecule has 4 rings (SSSR count). The number of hydrogen-bond acceptors (Lipinski definition) is 3. The standard InChI is InChI=1S/C19H13NO2/c21-16-6-5-13-9-15(19(22)17(13)10-16)8-12-7-14-3-1-2-4-18(14)20-11-12/h1-8,10-11,21H,9H2/b15-8+. The summed E-state index contributed by atoms with van der Waals surface area (Å²) in [5, 5.41) is 10.6. The van der Waals surface area contributed by atoms with Crippen molar-refractivity contribution in [3.8, 4) is 5.75 Å². The molecule has 0 saturated heterocycles. The van der Waals surface area contributed by atoms with Gasteiger partial charge in [0.15, 0.2) is 5.78 Å². The first-order chi connectivity index (χ1) is 10.7. The Morgan fingerprint density at radius 3 is 2.86 bits per heavy atom. The topological polar surface area (TPSA) is 50.2 Å². The Kier molecular flexibility index (Phi) is 2.79. The molecule has 0 amide bonds. The SMILES string of the molecule is O=C1/C(=C/c2cnc3ccccc3c2)Cc2ccc(O)cc21. The molecule has 0 saturated carbocycles. The molecule has 0 aliphatic heterocycles. The molecule has 0 unspecified atom stereocenters. The lowest BCUT2D eigenvalue weighted by Crippen LogP contribution is -1.95. The number of para-hydroxylation sites is 1. The molecule has 0 bridgehead atoms. The Hall–Kier alpha value is -2.94. The zero-order valence-corrected chi connectivity index (χ0v) is 11.8. The fourth-order valence-electron chi connectivity index (χ4n) is 2.87. The molecule has 2 aromatic carbocycles. The van der Waals surface area contributed by atoms with E-state index in [2.05, 4.69) is 4.98 Å². The number of fused-ring (bicyclic) bond motifs is 2. The Morgan fingerprint density at radius 2 is 1.95 bits per heavy atom. The smallest absolute Gasteiger partial charge is 0.189 e. The predicted octanol–water partition coefficient (Wildman–Crippen LogP) is 3.76. The lowest BCUT2D eigenvalue weighted by atomic mass is 10.1. The van der Waals surface area contributed by atoms with Gasteiger partial charge in [-0.25, -0.2) is 0 Å². The second kappa shape index (κ2) is 4.81. The number of allylic oxidation sites excluding steroid dienone is 1. The molecule has 106 valence electrons. The third-order valence-corrected chi connectivity index (χ3v) is 3.96. The minimum Gasteiger partial charge on any atom is -0.508 e. The monoisotopic (exact) mass is 287 g/mol. The van der Waals surface area contributed by atoms with Crippen LogP contribution in [0, 0.1) is 0 Å². The van der Waals surface area contributed by atoms with E-state index in [1.807, 2.05) is 42.5 Å². The summed E-state index contributed by atoms with van der Waals surface area (Å²) >= 11 is 0. The summed E-state index contributed by atoms with van der Waals surface area (Å²) in [6, 6.07) is 14.9. The van der Waals surface area contributed by atoms with Gasteiger partial charge in [0.1, 0.15) is 5.75 Å². The zero-order valence-electron chi connectivity index (χ0n) is 11.8. The van der Waals surface area contributed by atoms with Gasteiger partial charge in [0.2, 0.25) is 0 Å². The molecule has 1 N–H and O–H groups in total. The molecule has 3 aromatic rings. The van der Waals surface area contributed by atoms with Gasteiger partial charge in [0.05, 0.1) is 5.52 Å². The number of phenols is 1. The predicted molar refractivity (Wildman–Crippen MR) is 85.9 cm³/mol. The van der Waals surface area contributed by atoms with Crippen molar-refractivity contribution in [3.05, 3.63) is 77.0 Å². The number of carbonyl (C=O) groups excluding carboxylic acids is 1. The largest absolute Gasteiger partial charge is 0.508 e. The van der Waals surface area contributed by atoms with Gasteiger partial charge in [-0.2, -0.15) is 0 Å². The van der Waals surface area contributed by atoms with Gasteiger partial charge >= 0.3 is 0 Å². The zero-order chi connectivity index (χ0) is 15.1. The van der Waals surface area contributed by atoms with Crippen molar-refractivity contribution in [3.63, 3.8) is 0 Å². The number of nitrogens with zero attached hydrogens (tertiary/aromatic N) is 1. The summed E-state index contributed by atoms with van der Waals surface area (Å²) in [6.07, 6.45) is 4.27. The highest BCUT2D eigenvalue weighted by Crippen LogP contribution is 2.30. The van der Waals surface area contributed by atoms with Crippen LogP contribution in [0.15, 0.2) is 60.3 Å². The van der Waals surface area contributed by atoms with Crippen LogP contribution in [0.2, 0.25) is 0 Å². The number of aromatic hydroxyl groups is 1. The maximum atomic E-state index is 12.4. The van der Waals surface area contributed by atoms with E-state index in [0.717, 1.165) is 27.6 Å². The number of hydrogen-bond donors (Lipinski definition) is 1. The summed E-state index contributed by atoms with van der Waals surface area (Å²) in [5.74, 6) is 0.111. The molecule has 0 radical (unpaired) electrons. The first kappa shape index (κ1) is 12.8. The van der Waals surface area contributed by atoms with Crippen LogP contribution in [0.4, 0.5) is 0 Å². The fourth-order valence-corrected chi connectivity index (χ4v) is 2.87. The first-order valence-electron chi connectivity index (χ1n) is 7.13. The number of Topliss-reactive ketones (excluding diaryl/α,β-unsaturated/α-hetero) is 1. The van der Waals surface area contributed by atoms with E-state index >= 15 is 0 Å². The molecule has 22 heavy (non-hydrogen) atoms. The number of pyridine rings is 1. The van der Waals surface area contributed by atoms with Crippen molar-refractivity contribution >= 4 is 22.8 Å². The Balaban J connectivity index is 1.75. The van der Waals surface area contributed by atoms with Crippen molar-refractivity contribution < 1.29 is 9.90 Å². The van der Waals surface area contributed by atoms with Crippen LogP contribution in [-0.2, 0) is 6.42 Å². The minimum atomic E-state index is -0.0148. The van der Waals surface area contributed by atoms with Crippen LogP contribution in [0.25, 0.3) is 17.0 Å². The third kappa shape index (κ3) is 2.07. The summed E-state index contributed by atoms with van der Waals surface area (Å²) in [6.45, 7) is 0. The summed E-state index contributed by atoms with van der Waals surface area (Å²) in [5.41, 5.74) is 4.15. The van der Waals surface area contributed by atoms with Crippen LogP contribution in [0.1, 0.15) is 21.5 Å². The van der Waals surface area contributed by atoms with Crippen LogP contribution in [-0.4, -0.2) is 15.9 Å². The van der Waals surface area contributed by atoms with Gasteiger partial charge < -0.3 is 5.11 Å². The Labute approximate surface area is 127 Å². The molecule has 3 heteroatoms. The van der Waals surface area contributed by atoms with E-state index in [1.165, 1.54) is 6.07 Å². The van der Waals surface area contributed by atoms with E-state index in [-0.39, 0.29) is 11.5 Å². The lowest BCUT2D eigenvalue weighted by Gasteiger charge is -2.00. The van der Waals surface area contributed by atoms with Crippen LogP contribution < -0.4 is 0 Å². The molecule has 0 fully saturated rings. The van der Waals surface area contributed by atoms with Crippen molar-refractivity contribution in [1.82, 2.24) is 4.98 Å². The van der Waals surface area contributed by atoms with E-state index in [1.54, 1.807) is 12.3 Å². The number of ketones is 1. The maximum Gasteiger partial charge on any atom is 0.189 e. The van der Waals surface area contributed by atoms with Gasteiger partial charge in [0, 0.05) is 29.1 Å².